The van der Waals surface area contributed by atoms with Crippen molar-refractivity contribution in [3.8, 4) is 0 Å². The van der Waals surface area contributed by atoms with E-state index in [1.807, 2.05) is 12.1 Å². The lowest BCUT2D eigenvalue weighted by molar-refractivity contribution is -0.147. The lowest BCUT2D eigenvalue weighted by Gasteiger charge is -2.05. The number of alkyl halides is 3. The predicted molar refractivity (Wildman–Crippen MR) is 75.9 cm³/mol. The van der Waals surface area contributed by atoms with Gasteiger partial charge < -0.3 is 0 Å². The number of halogens is 3. The first kappa shape index (κ1) is 15.4. The van der Waals surface area contributed by atoms with Gasteiger partial charge in [0.2, 0.25) is 4.77 Å². The molecule has 1 heterocycles. The minimum atomic E-state index is -4.62. The number of aromatic nitrogens is 3. The van der Waals surface area contributed by atoms with E-state index in [0.717, 1.165) is 5.56 Å². The first-order chi connectivity index (χ1) is 9.79. The van der Waals surface area contributed by atoms with Gasteiger partial charge in [-0.2, -0.15) is 22.9 Å². The Kier molecular flexibility index (Phi) is 4.26. The summed E-state index contributed by atoms with van der Waals surface area (Å²) in [5.41, 5.74) is 1.82. The van der Waals surface area contributed by atoms with Crippen LogP contribution in [-0.2, 0) is 6.18 Å². The fraction of sp³-hybridized carbons (Fsp3) is 0.308. The summed E-state index contributed by atoms with van der Waals surface area (Å²) < 4.78 is 38.5. The monoisotopic (exact) mass is 314 g/mol. The zero-order valence-corrected chi connectivity index (χ0v) is 12.2. The first-order valence-electron chi connectivity index (χ1n) is 6.18. The molecule has 2 rings (SSSR count). The second-order valence-corrected chi connectivity index (χ2v) is 5.11. The van der Waals surface area contributed by atoms with Crippen molar-refractivity contribution in [3.63, 3.8) is 0 Å². The van der Waals surface area contributed by atoms with Crippen molar-refractivity contribution < 1.29 is 13.2 Å². The third kappa shape index (κ3) is 3.57. The SMILES string of the molecule is CC(C)c1ccc(/C=N\n2c(C(F)(F)F)n[nH]c2=S)cc1. The Morgan fingerprint density at radius 3 is 2.43 bits per heavy atom. The number of H-pyrrole nitrogens is 1. The van der Waals surface area contributed by atoms with Crippen molar-refractivity contribution in [2.75, 3.05) is 0 Å². The first-order valence-corrected chi connectivity index (χ1v) is 6.59. The van der Waals surface area contributed by atoms with E-state index in [2.05, 4.69) is 29.1 Å². The highest BCUT2D eigenvalue weighted by molar-refractivity contribution is 7.71. The molecule has 0 radical (unpaired) electrons. The number of nitrogens with zero attached hydrogens (tertiary/aromatic N) is 3. The summed E-state index contributed by atoms with van der Waals surface area (Å²) in [4.78, 5) is 0. The van der Waals surface area contributed by atoms with Crippen LogP contribution in [0.3, 0.4) is 0 Å². The minimum absolute atomic E-state index is 0.211. The van der Waals surface area contributed by atoms with Gasteiger partial charge in [-0.15, -0.1) is 5.10 Å². The molecule has 8 heteroatoms. The van der Waals surface area contributed by atoms with Crippen molar-refractivity contribution in [2.45, 2.75) is 25.9 Å². The highest BCUT2D eigenvalue weighted by Gasteiger charge is 2.37. The van der Waals surface area contributed by atoms with Gasteiger partial charge in [0.05, 0.1) is 6.21 Å². The van der Waals surface area contributed by atoms with E-state index in [1.54, 1.807) is 12.1 Å². The van der Waals surface area contributed by atoms with Crippen LogP contribution >= 0.6 is 12.2 Å². The standard InChI is InChI=1S/C13H13F3N4S/c1-8(2)10-5-3-9(4-6-10)7-17-20-11(13(14,15)16)18-19-12(20)21/h3-8H,1-2H3,(H,19,21)/b17-7-. The van der Waals surface area contributed by atoms with Gasteiger partial charge >= 0.3 is 6.18 Å². The van der Waals surface area contributed by atoms with E-state index in [9.17, 15) is 13.2 Å². The summed E-state index contributed by atoms with van der Waals surface area (Å²) in [7, 11) is 0. The topological polar surface area (TPSA) is 46.0 Å². The van der Waals surface area contributed by atoms with Gasteiger partial charge in [-0.3, -0.25) is 0 Å². The molecule has 0 unspecified atom stereocenters. The number of hydrogen-bond acceptors (Lipinski definition) is 3. The van der Waals surface area contributed by atoms with Crippen molar-refractivity contribution in [2.24, 2.45) is 5.10 Å². The largest absolute Gasteiger partial charge is 0.453 e. The Hall–Kier alpha value is -1.96. The Morgan fingerprint density at radius 2 is 1.90 bits per heavy atom. The van der Waals surface area contributed by atoms with E-state index in [-0.39, 0.29) is 4.77 Å². The van der Waals surface area contributed by atoms with Gasteiger partial charge in [0.25, 0.3) is 5.82 Å². The second-order valence-electron chi connectivity index (χ2n) is 4.73. The molecule has 0 spiro atoms. The molecule has 1 aromatic heterocycles. The van der Waals surface area contributed by atoms with Crippen LogP contribution in [0.15, 0.2) is 29.4 Å². The molecular weight excluding hydrogens is 301 g/mol. The molecule has 0 bridgehead atoms. The van der Waals surface area contributed by atoms with Crippen LogP contribution in [0.2, 0.25) is 0 Å². The van der Waals surface area contributed by atoms with Gasteiger partial charge in [-0.1, -0.05) is 38.1 Å². The van der Waals surface area contributed by atoms with Crippen LogP contribution in [0.4, 0.5) is 13.2 Å². The molecule has 0 atom stereocenters. The van der Waals surface area contributed by atoms with Crippen LogP contribution in [0.25, 0.3) is 0 Å². The van der Waals surface area contributed by atoms with Crippen molar-refractivity contribution in [1.29, 1.82) is 0 Å². The van der Waals surface area contributed by atoms with Crippen molar-refractivity contribution >= 4 is 18.4 Å². The van der Waals surface area contributed by atoms with Crippen LogP contribution in [0.5, 0.6) is 0 Å². The molecule has 0 aliphatic carbocycles. The lowest BCUT2D eigenvalue weighted by Crippen LogP contribution is -2.12. The molecule has 0 amide bonds. The van der Waals surface area contributed by atoms with E-state index < -0.39 is 12.0 Å². The minimum Gasteiger partial charge on any atom is -0.250 e. The lowest BCUT2D eigenvalue weighted by atomic mass is 10.0. The zero-order valence-electron chi connectivity index (χ0n) is 11.3. The maximum atomic E-state index is 12.7. The molecule has 0 saturated carbocycles. The third-order valence-corrected chi connectivity index (χ3v) is 3.09. The summed E-state index contributed by atoms with van der Waals surface area (Å²) in [6, 6.07) is 7.39. The van der Waals surface area contributed by atoms with Crippen LogP contribution < -0.4 is 0 Å². The van der Waals surface area contributed by atoms with E-state index in [1.165, 1.54) is 6.21 Å². The van der Waals surface area contributed by atoms with E-state index in [4.69, 9.17) is 12.2 Å². The number of aromatic amines is 1. The van der Waals surface area contributed by atoms with Crippen molar-refractivity contribution in [1.82, 2.24) is 14.9 Å². The maximum Gasteiger partial charge on any atom is 0.453 e. The molecule has 1 N–H and O–H groups in total. The molecule has 1 aromatic carbocycles. The predicted octanol–water partition coefficient (Wildman–Crippen LogP) is 3.97. The van der Waals surface area contributed by atoms with Crippen LogP contribution in [0.1, 0.15) is 36.7 Å². The Bertz CT molecular complexity index is 695. The molecule has 0 fully saturated rings. The Balaban J connectivity index is 2.30. The van der Waals surface area contributed by atoms with Crippen LogP contribution in [-0.4, -0.2) is 21.1 Å². The van der Waals surface area contributed by atoms with Gasteiger partial charge in [-0.25, -0.2) is 5.10 Å². The summed E-state index contributed by atoms with van der Waals surface area (Å²) in [5, 5.41) is 8.98. The summed E-state index contributed by atoms with van der Waals surface area (Å²) >= 11 is 4.74. The van der Waals surface area contributed by atoms with E-state index in [0.29, 0.717) is 16.2 Å². The highest BCUT2D eigenvalue weighted by Crippen LogP contribution is 2.27. The molecule has 0 aliphatic heterocycles. The maximum absolute atomic E-state index is 12.7. The highest BCUT2D eigenvalue weighted by atomic mass is 32.1. The van der Waals surface area contributed by atoms with Gasteiger partial charge in [0.15, 0.2) is 0 Å². The number of hydrogen-bond donors (Lipinski definition) is 1. The van der Waals surface area contributed by atoms with Gasteiger partial charge in [0.1, 0.15) is 0 Å². The van der Waals surface area contributed by atoms with Gasteiger partial charge in [0, 0.05) is 0 Å². The Labute approximate surface area is 124 Å². The van der Waals surface area contributed by atoms with Crippen LogP contribution in [0, 0.1) is 4.77 Å². The quantitative estimate of drug-likeness (QED) is 0.688. The zero-order chi connectivity index (χ0) is 15.6. The molecule has 21 heavy (non-hydrogen) atoms. The molecule has 0 saturated heterocycles. The van der Waals surface area contributed by atoms with E-state index >= 15 is 0 Å². The third-order valence-electron chi connectivity index (χ3n) is 2.83. The fourth-order valence-corrected chi connectivity index (χ4v) is 1.85. The average Bonchev–Trinajstić information content (AvgIpc) is 2.78. The summed E-state index contributed by atoms with van der Waals surface area (Å²) in [6.45, 7) is 4.12. The second kappa shape index (κ2) is 5.80. The number of rotatable bonds is 3. The normalized spacial score (nSPS) is 12.5. The average molecular weight is 314 g/mol. The molecular formula is C13H13F3N4S. The number of benzene rings is 1. The Morgan fingerprint density at radius 1 is 1.29 bits per heavy atom. The molecule has 2 aromatic rings. The molecule has 0 aliphatic rings. The number of nitrogens with one attached hydrogen (secondary N) is 1. The van der Waals surface area contributed by atoms with Crippen molar-refractivity contribution in [3.05, 3.63) is 46.0 Å². The summed E-state index contributed by atoms with van der Waals surface area (Å²) in [5.74, 6) is -0.794. The fourth-order valence-electron chi connectivity index (χ4n) is 1.67. The molecule has 4 nitrogen and oxygen atoms in total. The smallest absolute Gasteiger partial charge is 0.250 e. The summed E-state index contributed by atoms with van der Waals surface area (Å²) in [6.07, 6.45) is -3.31. The van der Waals surface area contributed by atoms with Gasteiger partial charge in [-0.05, 0) is 29.3 Å². The molecule has 112 valence electrons.